The van der Waals surface area contributed by atoms with Crippen LogP contribution in [0.25, 0.3) is 0 Å². The lowest BCUT2D eigenvalue weighted by molar-refractivity contribution is -0.136. The van der Waals surface area contributed by atoms with E-state index in [2.05, 4.69) is 12.2 Å². The summed E-state index contributed by atoms with van der Waals surface area (Å²) in [7, 11) is 0. The molecular formula is C9H19N3O. The fourth-order valence-corrected chi connectivity index (χ4v) is 1.52. The van der Waals surface area contributed by atoms with Crippen molar-refractivity contribution in [2.75, 3.05) is 19.6 Å². The van der Waals surface area contributed by atoms with E-state index in [1.165, 1.54) is 0 Å². The third-order valence-corrected chi connectivity index (χ3v) is 2.21. The number of carbonyl (C=O) groups excluding carboxylic acids is 1. The normalized spacial score (nSPS) is 24.6. The lowest BCUT2D eigenvalue weighted by Crippen LogP contribution is -2.58. The van der Waals surface area contributed by atoms with Crippen LogP contribution < -0.4 is 11.1 Å². The van der Waals surface area contributed by atoms with E-state index in [0.717, 1.165) is 19.6 Å². The van der Waals surface area contributed by atoms with E-state index in [-0.39, 0.29) is 5.91 Å². The zero-order valence-electron chi connectivity index (χ0n) is 8.63. The van der Waals surface area contributed by atoms with Crippen molar-refractivity contribution in [3.8, 4) is 0 Å². The van der Waals surface area contributed by atoms with Gasteiger partial charge in [-0.3, -0.25) is 4.79 Å². The molecule has 1 aliphatic heterocycles. The third kappa shape index (κ3) is 2.67. The highest BCUT2D eigenvalue weighted by molar-refractivity contribution is 5.85. The van der Waals surface area contributed by atoms with E-state index in [9.17, 15) is 4.79 Å². The maximum atomic E-state index is 11.7. The minimum atomic E-state index is -0.739. The molecule has 76 valence electrons. The van der Waals surface area contributed by atoms with Crippen molar-refractivity contribution in [1.29, 1.82) is 0 Å². The Morgan fingerprint density at radius 2 is 2.23 bits per heavy atom. The minimum Gasteiger partial charge on any atom is -0.338 e. The molecule has 0 aromatic rings. The number of hydrogen-bond donors (Lipinski definition) is 2. The summed E-state index contributed by atoms with van der Waals surface area (Å²) in [5.41, 5.74) is 5.00. The largest absolute Gasteiger partial charge is 0.338 e. The number of piperazine rings is 1. The first-order chi connectivity index (χ1) is 5.91. The first-order valence-corrected chi connectivity index (χ1v) is 4.73. The summed E-state index contributed by atoms with van der Waals surface area (Å²) in [5, 5.41) is 3.28. The van der Waals surface area contributed by atoms with Crippen molar-refractivity contribution >= 4 is 5.91 Å². The molecule has 0 unspecified atom stereocenters. The van der Waals surface area contributed by atoms with Gasteiger partial charge in [0.25, 0.3) is 0 Å². The van der Waals surface area contributed by atoms with Gasteiger partial charge >= 0.3 is 0 Å². The molecule has 0 spiro atoms. The van der Waals surface area contributed by atoms with Crippen LogP contribution in [0.3, 0.4) is 0 Å². The number of carbonyl (C=O) groups is 1. The topological polar surface area (TPSA) is 58.4 Å². The molecule has 0 bridgehead atoms. The molecule has 4 nitrogen and oxygen atoms in total. The Hall–Kier alpha value is -0.610. The Morgan fingerprint density at radius 1 is 1.62 bits per heavy atom. The molecule has 0 aromatic heterocycles. The lowest BCUT2D eigenvalue weighted by atomic mass is 10.0. The summed E-state index contributed by atoms with van der Waals surface area (Å²) >= 11 is 0. The number of hydrogen-bond acceptors (Lipinski definition) is 3. The van der Waals surface area contributed by atoms with Gasteiger partial charge in [-0.25, -0.2) is 0 Å². The summed E-state index contributed by atoms with van der Waals surface area (Å²) < 4.78 is 0. The van der Waals surface area contributed by atoms with Crippen LogP contribution in [0.4, 0.5) is 0 Å². The minimum absolute atomic E-state index is 0.0425. The molecule has 1 aliphatic rings. The zero-order valence-corrected chi connectivity index (χ0v) is 8.63. The summed E-state index contributed by atoms with van der Waals surface area (Å²) in [5.74, 6) is 0.0425. The van der Waals surface area contributed by atoms with Gasteiger partial charge in [0.15, 0.2) is 0 Å². The van der Waals surface area contributed by atoms with Crippen molar-refractivity contribution in [1.82, 2.24) is 10.2 Å². The van der Waals surface area contributed by atoms with Gasteiger partial charge in [0.05, 0.1) is 5.54 Å². The average molecular weight is 185 g/mol. The Bertz CT molecular complexity index is 198. The number of nitrogens with two attached hydrogens (primary N) is 1. The molecule has 0 radical (unpaired) electrons. The molecule has 4 heteroatoms. The highest BCUT2D eigenvalue weighted by Crippen LogP contribution is 2.07. The van der Waals surface area contributed by atoms with Crippen molar-refractivity contribution < 1.29 is 4.79 Å². The molecule has 1 atom stereocenters. The molecule has 0 aromatic carbocycles. The molecule has 1 heterocycles. The van der Waals surface area contributed by atoms with E-state index in [0.29, 0.717) is 6.04 Å². The molecule has 0 aliphatic carbocycles. The van der Waals surface area contributed by atoms with Gasteiger partial charge in [-0.15, -0.1) is 0 Å². The molecule has 0 saturated carbocycles. The van der Waals surface area contributed by atoms with Crippen molar-refractivity contribution in [2.24, 2.45) is 5.73 Å². The molecule has 1 saturated heterocycles. The SMILES string of the molecule is C[C@H]1CN(C(=O)C(C)(C)N)CCN1. The first-order valence-electron chi connectivity index (χ1n) is 4.73. The van der Waals surface area contributed by atoms with Gasteiger partial charge in [0, 0.05) is 25.7 Å². The Labute approximate surface area is 79.5 Å². The zero-order chi connectivity index (χ0) is 10.1. The van der Waals surface area contributed by atoms with Crippen LogP contribution in [-0.2, 0) is 4.79 Å². The van der Waals surface area contributed by atoms with Crippen LogP contribution in [0.15, 0.2) is 0 Å². The van der Waals surface area contributed by atoms with E-state index in [1.807, 2.05) is 4.90 Å². The second-order valence-corrected chi connectivity index (χ2v) is 4.33. The van der Waals surface area contributed by atoms with E-state index >= 15 is 0 Å². The van der Waals surface area contributed by atoms with Crippen LogP contribution in [0, 0.1) is 0 Å². The molecule has 13 heavy (non-hydrogen) atoms. The fourth-order valence-electron chi connectivity index (χ4n) is 1.52. The van der Waals surface area contributed by atoms with Crippen LogP contribution >= 0.6 is 0 Å². The second-order valence-electron chi connectivity index (χ2n) is 4.33. The summed E-state index contributed by atoms with van der Waals surface area (Å²) in [6.07, 6.45) is 0. The fraction of sp³-hybridized carbons (Fsp3) is 0.889. The average Bonchev–Trinajstić information content (AvgIpc) is 2.01. The van der Waals surface area contributed by atoms with Crippen LogP contribution in [-0.4, -0.2) is 42.0 Å². The highest BCUT2D eigenvalue weighted by Gasteiger charge is 2.29. The van der Waals surface area contributed by atoms with E-state index < -0.39 is 5.54 Å². The second kappa shape index (κ2) is 3.64. The molecule has 1 rings (SSSR count). The highest BCUT2D eigenvalue weighted by atomic mass is 16.2. The van der Waals surface area contributed by atoms with Gasteiger partial charge in [-0.2, -0.15) is 0 Å². The maximum Gasteiger partial charge on any atom is 0.242 e. The lowest BCUT2D eigenvalue weighted by Gasteiger charge is -2.35. The first kappa shape index (κ1) is 10.5. The van der Waals surface area contributed by atoms with E-state index in [1.54, 1.807) is 13.8 Å². The van der Waals surface area contributed by atoms with Crippen LogP contribution in [0.5, 0.6) is 0 Å². The molecule has 1 amide bonds. The predicted molar refractivity (Wildman–Crippen MR) is 52.3 cm³/mol. The molecule has 3 N–H and O–H groups in total. The predicted octanol–water partition coefficient (Wildman–Crippen LogP) is -0.456. The van der Waals surface area contributed by atoms with Gasteiger partial charge in [0.2, 0.25) is 5.91 Å². The Morgan fingerprint density at radius 3 is 2.69 bits per heavy atom. The number of rotatable bonds is 1. The summed E-state index contributed by atoms with van der Waals surface area (Å²) in [6.45, 7) is 7.97. The summed E-state index contributed by atoms with van der Waals surface area (Å²) in [6, 6.07) is 0.375. The van der Waals surface area contributed by atoms with Gasteiger partial charge in [-0.1, -0.05) is 0 Å². The number of nitrogens with zero attached hydrogens (tertiary/aromatic N) is 1. The van der Waals surface area contributed by atoms with Crippen LogP contribution in [0.1, 0.15) is 20.8 Å². The van der Waals surface area contributed by atoms with E-state index in [4.69, 9.17) is 5.73 Å². The standard InChI is InChI=1S/C9H19N3O/c1-7-6-12(5-4-11-7)8(13)9(2,3)10/h7,11H,4-6,10H2,1-3H3/t7-/m0/s1. The van der Waals surface area contributed by atoms with Crippen LogP contribution in [0.2, 0.25) is 0 Å². The van der Waals surface area contributed by atoms with Gasteiger partial charge in [-0.05, 0) is 20.8 Å². The van der Waals surface area contributed by atoms with Crippen molar-refractivity contribution in [3.05, 3.63) is 0 Å². The van der Waals surface area contributed by atoms with Crippen molar-refractivity contribution in [2.45, 2.75) is 32.4 Å². The smallest absolute Gasteiger partial charge is 0.242 e. The summed E-state index contributed by atoms with van der Waals surface area (Å²) in [4.78, 5) is 13.6. The number of nitrogens with one attached hydrogen (secondary N) is 1. The molecule has 1 fully saturated rings. The third-order valence-electron chi connectivity index (χ3n) is 2.21. The molecular weight excluding hydrogens is 166 g/mol. The van der Waals surface area contributed by atoms with Crippen molar-refractivity contribution in [3.63, 3.8) is 0 Å². The van der Waals surface area contributed by atoms with Gasteiger partial charge < -0.3 is 16.0 Å². The Kier molecular flexibility index (Phi) is 2.93. The quantitative estimate of drug-likeness (QED) is 0.581. The Balaban J connectivity index is 2.56. The van der Waals surface area contributed by atoms with Gasteiger partial charge in [0.1, 0.15) is 0 Å². The maximum absolute atomic E-state index is 11.7. The number of amides is 1. The monoisotopic (exact) mass is 185 g/mol.